The van der Waals surface area contributed by atoms with Crippen molar-refractivity contribution in [2.24, 2.45) is 0 Å². The number of imide groups is 1. The van der Waals surface area contributed by atoms with Crippen LogP contribution < -0.4 is 4.90 Å². The van der Waals surface area contributed by atoms with E-state index in [9.17, 15) is 19.1 Å². The molecule has 0 radical (unpaired) electrons. The van der Waals surface area contributed by atoms with Crippen LogP contribution in [0.2, 0.25) is 0 Å². The largest absolute Gasteiger partial charge is 0.443 e. The highest BCUT2D eigenvalue weighted by Gasteiger charge is 2.54. The molecule has 6 heteroatoms. The number of nitrogens with zero attached hydrogens (tertiary/aromatic N) is 1. The van der Waals surface area contributed by atoms with Gasteiger partial charge < -0.3 is 9.84 Å². The van der Waals surface area contributed by atoms with E-state index in [0.717, 1.165) is 22.6 Å². The van der Waals surface area contributed by atoms with Crippen molar-refractivity contribution in [2.75, 3.05) is 4.90 Å². The standard InChI is InChI=1S/C20H20FNO4/c1-12-5-10-16-15(11-12)20(25,13-6-8-14(21)9-7-13)17(23)22(16)18(24)26-19(2,3)4/h5-11,25H,1-4H3/t20-/m0/s1. The van der Waals surface area contributed by atoms with E-state index in [1.807, 2.05) is 6.92 Å². The quantitative estimate of drug-likeness (QED) is 0.846. The Balaban J connectivity index is 2.16. The lowest BCUT2D eigenvalue weighted by molar-refractivity contribution is -0.131. The number of benzene rings is 2. The summed E-state index contributed by atoms with van der Waals surface area (Å²) in [4.78, 5) is 26.5. The minimum absolute atomic E-state index is 0.182. The first-order valence-electron chi connectivity index (χ1n) is 8.21. The van der Waals surface area contributed by atoms with Crippen LogP contribution in [0.25, 0.3) is 0 Å². The van der Waals surface area contributed by atoms with Gasteiger partial charge in [-0.1, -0.05) is 29.8 Å². The summed E-state index contributed by atoms with van der Waals surface area (Å²) in [6.07, 6.45) is -0.870. The molecule has 0 bridgehead atoms. The van der Waals surface area contributed by atoms with Crippen molar-refractivity contribution in [3.63, 3.8) is 0 Å². The second-order valence-electron chi connectivity index (χ2n) is 7.36. The number of fused-ring (bicyclic) bond motifs is 1. The molecule has 1 aliphatic heterocycles. The number of hydrogen-bond donors (Lipinski definition) is 1. The molecule has 0 saturated carbocycles. The molecule has 0 aliphatic carbocycles. The molecular weight excluding hydrogens is 337 g/mol. The van der Waals surface area contributed by atoms with Crippen molar-refractivity contribution >= 4 is 17.7 Å². The molecule has 1 heterocycles. The van der Waals surface area contributed by atoms with Crippen molar-refractivity contribution in [3.8, 4) is 0 Å². The lowest BCUT2D eigenvalue weighted by Gasteiger charge is -2.25. The molecule has 1 aliphatic rings. The van der Waals surface area contributed by atoms with E-state index in [4.69, 9.17) is 4.74 Å². The average molecular weight is 357 g/mol. The second-order valence-corrected chi connectivity index (χ2v) is 7.36. The van der Waals surface area contributed by atoms with Gasteiger partial charge in [-0.15, -0.1) is 0 Å². The number of amides is 2. The maximum atomic E-state index is 13.3. The molecule has 0 unspecified atom stereocenters. The maximum Gasteiger partial charge on any atom is 0.421 e. The number of halogens is 1. The SMILES string of the molecule is Cc1ccc2c(c1)[C@@](O)(c1ccc(F)cc1)C(=O)N2C(=O)OC(C)(C)C. The summed E-state index contributed by atoms with van der Waals surface area (Å²) < 4.78 is 18.6. The number of aliphatic hydroxyl groups is 1. The molecule has 136 valence electrons. The normalized spacial score (nSPS) is 19.5. The van der Waals surface area contributed by atoms with Crippen LogP contribution in [0.15, 0.2) is 42.5 Å². The number of carbonyl (C=O) groups excluding carboxylic acids is 2. The Morgan fingerprint density at radius 3 is 2.35 bits per heavy atom. The maximum absolute atomic E-state index is 13.3. The van der Waals surface area contributed by atoms with Gasteiger partial charge in [-0.05, 0) is 51.5 Å². The molecular formula is C20H20FNO4. The minimum Gasteiger partial charge on any atom is -0.443 e. The monoisotopic (exact) mass is 357 g/mol. The first-order valence-corrected chi connectivity index (χ1v) is 8.21. The van der Waals surface area contributed by atoms with Gasteiger partial charge in [0, 0.05) is 5.56 Å². The Bertz CT molecular complexity index is 886. The fraction of sp³-hybridized carbons (Fsp3) is 0.300. The number of hydrogen-bond acceptors (Lipinski definition) is 4. The third kappa shape index (κ3) is 2.86. The number of ether oxygens (including phenoxy) is 1. The van der Waals surface area contributed by atoms with Crippen molar-refractivity contribution in [2.45, 2.75) is 38.9 Å². The zero-order valence-electron chi connectivity index (χ0n) is 15.0. The Hall–Kier alpha value is -2.73. The van der Waals surface area contributed by atoms with Gasteiger partial charge in [-0.25, -0.2) is 14.1 Å². The topological polar surface area (TPSA) is 66.8 Å². The molecule has 2 amide bonds. The number of aryl methyl sites for hydroxylation is 1. The summed E-state index contributed by atoms with van der Waals surface area (Å²) in [7, 11) is 0. The van der Waals surface area contributed by atoms with Gasteiger partial charge in [0.05, 0.1) is 5.69 Å². The Labute approximate surface area is 151 Å². The van der Waals surface area contributed by atoms with Crippen molar-refractivity contribution < 1.29 is 23.8 Å². The molecule has 1 N–H and O–H groups in total. The molecule has 0 saturated heterocycles. The third-order valence-corrected chi connectivity index (χ3v) is 4.13. The van der Waals surface area contributed by atoms with E-state index in [-0.39, 0.29) is 16.8 Å². The lowest BCUT2D eigenvalue weighted by Crippen LogP contribution is -2.45. The van der Waals surface area contributed by atoms with Gasteiger partial charge in [-0.2, -0.15) is 0 Å². The molecule has 5 nitrogen and oxygen atoms in total. The molecule has 2 aromatic rings. The zero-order valence-corrected chi connectivity index (χ0v) is 15.0. The Morgan fingerprint density at radius 2 is 1.77 bits per heavy atom. The minimum atomic E-state index is -2.09. The summed E-state index contributed by atoms with van der Waals surface area (Å²) in [5.74, 6) is -1.34. The Morgan fingerprint density at radius 1 is 1.15 bits per heavy atom. The van der Waals surface area contributed by atoms with E-state index >= 15 is 0 Å². The van der Waals surface area contributed by atoms with Gasteiger partial charge in [0.2, 0.25) is 0 Å². The molecule has 0 fully saturated rings. The van der Waals surface area contributed by atoms with Crippen molar-refractivity contribution in [3.05, 3.63) is 65.0 Å². The van der Waals surface area contributed by atoms with Gasteiger partial charge in [0.15, 0.2) is 5.60 Å². The summed E-state index contributed by atoms with van der Waals surface area (Å²) in [5.41, 5.74) is -1.39. The smallest absolute Gasteiger partial charge is 0.421 e. The molecule has 3 rings (SSSR count). The fourth-order valence-corrected chi connectivity index (χ4v) is 2.98. The predicted molar refractivity (Wildman–Crippen MR) is 94.3 cm³/mol. The number of carbonyl (C=O) groups is 2. The van der Waals surface area contributed by atoms with E-state index in [2.05, 4.69) is 0 Å². The van der Waals surface area contributed by atoms with Crippen LogP contribution in [-0.2, 0) is 15.1 Å². The number of anilines is 1. The van der Waals surface area contributed by atoms with Crippen LogP contribution in [-0.4, -0.2) is 22.7 Å². The van der Waals surface area contributed by atoms with Crippen molar-refractivity contribution in [1.82, 2.24) is 0 Å². The van der Waals surface area contributed by atoms with Gasteiger partial charge >= 0.3 is 6.09 Å². The summed E-state index contributed by atoms with van der Waals surface area (Å²) >= 11 is 0. The van der Waals surface area contributed by atoms with E-state index in [1.165, 1.54) is 12.1 Å². The summed E-state index contributed by atoms with van der Waals surface area (Å²) in [5, 5.41) is 11.3. The van der Waals surface area contributed by atoms with Gasteiger partial charge in [0.25, 0.3) is 5.91 Å². The van der Waals surface area contributed by atoms with Crippen LogP contribution in [0.4, 0.5) is 14.9 Å². The zero-order chi connectivity index (χ0) is 19.3. The lowest BCUT2D eigenvalue weighted by atomic mass is 9.87. The molecule has 1 atom stereocenters. The summed E-state index contributed by atoms with van der Waals surface area (Å²) in [6, 6.07) is 9.95. The molecule has 26 heavy (non-hydrogen) atoms. The first-order chi connectivity index (χ1) is 12.0. The fourth-order valence-electron chi connectivity index (χ4n) is 2.98. The Kier molecular flexibility index (Phi) is 4.11. The van der Waals surface area contributed by atoms with Crippen LogP contribution in [0.1, 0.15) is 37.5 Å². The van der Waals surface area contributed by atoms with Crippen LogP contribution in [0.5, 0.6) is 0 Å². The molecule has 0 aromatic heterocycles. The molecule has 0 spiro atoms. The van der Waals surface area contributed by atoms with Crippen LogP contribution in [0, 0.1) is 12.7 Å². The highest BCUT2D eigenvalue weighted by Crippen LogP contribution is 2.45. The number of rotatable bonds is 1. The highest BCUT2D eigenvalue weighted by molar-refractivity contribution is 6.21. The second kappa shape index (κ2) is 5.92. The van der Waals surface area contributed by atoms with Gasteiger partial charge in [-0.3, -0.25) is 4.79 Å². The van der Waals surface area contributed by atoms with E-state index < -0.39 is 29.0 Å². The third-order valence-electron chi connectivity index (χ3n) is 4.13. The van der Waals surface area contributed by atoms with Crippen LogP contribution >= 0.6 is 0 Å². The molecule has 2 aromatic carbocycles. The average Bonchev–Trinajstić information content (AvgIpc) is 2.75. The highest BCUT2D eigenvalue weighted by atomic mass is 19.1. The first kappa shape index (κ1) is 18.1. The predicted octanol–water partition coefficient (Wildman–Crippen LogP) is 3.65. The van der Waals surface area contributed by atoms with E-state index in [1.54, 1.807) is 39.0 Å². The van der Waals surface area contributed by atoms with Crippen LogP contribution in [0.3, 0.4) is 0 Å². The summed E-state index contributed by atoms with van der Waals surface area (Å²) in [6.45, 7) is 6.88. The van der Waals surface area contributed by atoms with E-state index in [0.29, 0.717) is 0 Å². The van der Waals surface area contributed by atoms with Crippen molar-refractivity contribution in [1.29, 1.82) is 0 Å². The van der Waals surface area contributed by atoms with Gasteiger partial charge in [0.1, 0.15) is 11.4 Å².